The largest absolute Gasteiger partial charge is 0.481 e. The zero-order valence-electron chi connectivity index (χ0n) is 16.1. The Hall–Kier alpha value is -2.39. The molecule has 2 aliphatic carbocycles. The Morgan fingerprint density at radius 1 is 1.17 bits per heavy atom. The highest BCUT2D eigenvalue weighted by molar-refractivity contribution is 7.22. The molecule has 0 saturated heterocycles. The minimum absolute atomic E-state index is 0.0591. The molecule has 1 amide bonds. The summed E-state index contributed by atoms with van der Waals surface area (Å²) < 4.78 is 4.74. The van der Waals surface area contributed by atoms with Gasteiger partial charge in [0.25, 0.3) is 5.56 Å². The number of aromatic nitrogens is 3. The van der Waals surface area contributed by atoms with Crippen molar-refractivity contribution in [3.63, 3.8) is 0 Å². The highest BCUT2D eigenvalue weighted by atomic mass is 35.5. The molecule has 3 heterocycles. The Bertz CT molecular complexity index is 1220. The van der Waals surface area contributed by atoms with Gasteiger partial charge in [-0.15, -0.1) is 11.3 Å². The van der Waals surface area contributed by atoms with E-state index in [-0.39, 0.29) is 35.9 Å². The van der Waals surface area contributed by atoms with Gasteiger partial charge in [-0.05, 0) is 50.7 Å². The molecule has 0 aliphatic heterocycles. The summed E-state index contributed by atoms with van der Waals surface area (Å²) in [5.41, 5.74) is 1.10. The minimum atomic E-state index is -0.773. The number of hydrogen-bond acceptors (Lipinski definition) is 5. The van der Waals surface area contributed by atoms with E-state index >= 15 is 0 Å². The van der Waals surface area contributed by atoms with Gasteiger partial charge in [0.2, 0.25) is 5.91 Å². The molecule has 2 N–H and O–H groups in total. The number of amides is 1. The van der Waals surface area contributed by atoms with E-state index < -0.39 is 5.97 Å². The van der Waals surface area contributed by atoms with Crippen LogP contribution in [-0.4, -0.2) is 37.2 Å². The molecule has 0 atom stereocenters. The first-order valence-electron chi connectivity index (χ1n) is 10.1. The van der Waals surface area contributed by atoms with Crippen LogP contribution in [0.15, 0.2) is 16.9 Å². The lowest BCUT2D eigenvalue weighted by atomic mass is 9.86. The lowest BCUT2D eigenvalue weighted by molar-refractivity contribution is -0.142. The first kappa shape index (κ1) is 19.6. The summed E-state index contributed by atoms with van der Waals surface area (Å²) in [7, 11) is 0. The molecule has 8 nitrogen and oxygen atoms in total. The van der Waals surface area contributed by atoms with Gasteiger partial charge in [-0.25, -0.2) is 4.68 Å². The third-order valence-electron chi connectivity index (χ3n) is 6.04. The van der Waals surface area contributed by atoms with E-state index in [4.69, 9.17) is 16.7 Å². The van der Waals surface area contributed by atoms with E-state index in [0.717, 1.165) is 28.9 Å². The fourth-order valence-electron chi connectivity index (χ4n) is 4.32. The average Bonchev–Trinajstić information content (AvgIpc) is 3.40. The highest BCUT2D eigenvalue weighted by Gasteiger charge is 2.31. The Morgan fingerprint density at radius 3 is 2.57 bits per heavy atom. The van der Waals surface area contributed by atoms with Crippen molar-refractivity contribution in [1.82, 2.24) is 19.5 Å². The van der Waals surface area contributed by atoms with Crippen molar-refractivity contribution in [3.8, 4) is 0 Å². The van der Waals surface area contributed by atoms with Gasteiger partial charge < -0.3 is 10.4 Å². The fraction of sp³-hybridized carbons (Fsp3) is 0.500. The van der Waals surface area contributed by atoms with Crippen molar-refractivity contribution in [2.24, 2.45) is 5.92 Å². The SMILES string of the molecule is O=C(Cn1nc(C2CC2)n2c(cc3sc(Cl)cc32)c1=O)N[C@H]1CC[C@H](C(=O)O)CC1. The predicted molar refractivity (Wildman–Crippen MR) is 113 cm³/mol. The summed E-state index contributed by atoms with van der Waals surface area (Å²) in [6.07, 6.45) is 4.40. The first-order valence-corrected chi connectivity index (χ1v) is 11.3. The van der Waals surface area contributed by atoms with Crippen molar-refractivity contribution in [2.75, 3.05) is 0 Å². The lowest BCUT2D eigenvalue weighted by Gasteiger charge is -2.26. The van der Waals surface area contributed by atoms with Gasteiger partial charge >= 0.3 is 5.97 Å². The molecule has 2 saturated carbocycles. The van der Waals surface area contributed by atoms with Gasteiger partial charge in [-0.1, -0.05) is 11.6 Å². The topological polar surface area (TPSA) is 106 Å². The molecule has 158 valence electrons. The van der Waals surface area contributed by atoms with Crippen LogP contribution in [-0.2, 0) is 16.1 Å². The molecular formula is C20H21ClN4O4S. The van der Waals surface area contributed by atoms with E-state index in [1.165, 1.54) is 16.0 Å². The summed E-state index contributed by atoms with van der Waals surface area (Å²) in [4.78, 5) is 36.7. The number of fused-ring (bicyclic) bond motifs is 3. The molecule has 30 heavy (non-hydrogen) atoms. The van der Waals surface area contributed by atoms with Crippen molar-refractivity contribution in [2.45, 2.75) is 57.0 Å². The van der Waals surface area contributed by atoms with Crippen LogP contribution in [0.1, 0.15) is 50.3 Å². The fourth-order valence-corrected chi connectivity index (χ4v) is 5.48. The van der Waals surface area contributed by atoms with E-state index in [9.17, 15) is 14.4 Å². The number of rotatable bonds is 5. The van der Waals surface area contributed by atoms with Crippen molar-refractivity contribution in [1.29, 1.82) is 0 Å². The molecular weight excluding hydrogens is 428 g/mol. The Kier molecular flexibility index (Phi) is 4.82. The maximum atomic E-state index is 13.0. The molecule has 0 aromatic carbocycles. The number of nitrogens with one attached hydrogen (secondary N) is 1. The second-order valence-electron chi connectivity index (χ2n) is 8.21. The molecule has 0 spiro atoms. The number of carbonyl (C=O) groups excluding carboxylic acids is 1. The number of carboxylic acids is 1. The number of thiophene rings is 1. The maximum absolute atomic E-state index is 13.0. The first-order chi connectivity index (χ1) is 14.4. The van der Waals surface area contributed by atoms with Crippen LogP contribution in [0.5, 0.6) is 0 Å². The molecule has 5 rings (SSSR count). The molecule has 0 bridgehead atoms. The predicted octanol–water partition coefficient (Wildman–Crippen LogP) is 3.00. The molecule has 10 heteroatoms. The van der Waals surface area contributed by atoms with Crippen LogP contribution >= 0.6 is 22.9 Å². The summed E-state index contributed by atoms with van der Waals surface area (Å²) in [5.74, 6) is -0.301. The zero-order chi connectivity index (χ0) is 21.0. The van der Waals surface area contributed by atoms with Crippen molar-refractivity contribution in [3.05, 3.63) is 32.6 Å². The quantitative estimate of drug-likeness (QED) is 0.624. The summed E-state index contributed by atoms with van der Waals surface area (Å²) >= 11 is 7.57. The summed E-state index contributed by atoms with van der Waals surface area (Å²) in [5, 5.41) is 16.6. The van der Waals surface area contributed by atoms with Crippen LogP contribution in [0.25, 0.3) is 15.7 Å². The normalized spacial score (nSPS) is 21.9. The van der Waals surface area contributed by atoms with Crippen molar-refractivity contribution >= 4 is 50.5 Å². The molecule has 0 unspecified atom stereocenters. The van der Waals surface area contributed by atoms with Gasteiger partial charge in [0.1, 0.15) is 17.9 Å². The van der Waals surface area contributed by atoms with E-state index in [2.05, 4.69) is 10.4 Å². The molecule has 2 fully saturated rings. The van der Waals surface area contributed by atoms with Crippen LogP contribution in [0.3, 0.4) is 0 Å². The maximum Gasteiger partial charge on any atom is 0.306 e. The smallest absolute Gasteiger partial charge is 0.306 e. The number of hydrogen-bond donors (Lipinski definition) is 2. The number of carbonyl (C=O) groups is 2. The number of nitrogens with zero attached hydrogens (tertiary/aromatic N) is 3. The molecule has 3 aromatic rings. The third kappa shape index (κ3) is 3.50. The second-order valence-corrected chi connectivity index (χ2v) is 9.93. The van der Waals surface area contributed by atoms with Crippen molar-refractivity contribution < 1.29 is 14.7 Å². The Labute approximate surface area is 180 Å². The monoisotopic (exact) mass is 448 g/mol. The van der Waals surface area contributed by atoms with E-state index in [1.807, 2.05) is 16.5 Å². The molecule has 2 aliphatic rings. The summed E-state index contributed by atoms with van der Waals surface area (Å²) in [6.45, 7) is -0.145. The number of halogens is 1. The van der Waals surface area contributed by atoms with Crippen LogP contribution in [0.2, 0.25) is 4.34 Å². The van der Waals surface area contributed by atoms with Gasteiger partial charge in [0.05, 0.1) is 20.5 Å². The summed E-state index contributed by atoms with van der Waals surface area (Å²) in [6, 6.07) is 3.62. The van der Waals surface area contributed by atoms with Crippen LogP contribution < -0.4 is 10.9 Å². The van der Waals surface area contributed by atoms with Gasteiger partial charge in [-0.3, -0.25) is 18.8 Å². The van der Waals surface area contributed by atoms with Crippen LogP contribution in [0.4, 0.5) is 0 Å². The van der Waals surface area contributed by atoms with E-state index in [0.29, 0.717) is 35.5 Å². The second kappa shape index (κ2) is 7.39. The Morgan fingerprint density at radius 2 is 1.90 bits per heavy atom. The third-order valence-corrected chi connectivity index (χ3v) is 7.24. The molecule has 3 aromatic heterocycles. The number of aliphatic carboxylic acids is 1. The molecule has 0 radical (unpaired) electrons. The standard InChI is InChI=1S/C20H21ClN4O4S/c21-16-8-13-15(30-16)7-14-19(27)24(23-18(25(13)14)10-1-2-10)9-17(26)22-12-5-3-11(4-6-12)20(28)29/h7-8,10-12H,1-6,9H2,(H,22,26)(H,28,29)/t11-,12-. The van der Waals surface area contributed by atoms with Crippen LogP contribution in [0, 0.1) is 5.92 Å². The Balaban J connectivity index is 1.39. The zero-order valence-corrected chi connectivity index (χ0v) is 17.7. The van der Waals surface area contributed by atoms with Gasteiger partial charge in [0.15, 0.2) is 0 Å². The van der Waals surface area contributed by atoms with Gasteiger partial charge in [0, 0.05) is 12.0 Å². The highest BCUT2D eigenvalue weighted by Crippen LogP contribution is 2.41. The van der Waals surface area contributed by atoms with Gasteiger partial charge in [-0.2, -0.15) is 5.10 Å². The average molecular weight is 449 g/mol. The lowest BCUT2D eigenvalue weighted by Crippen LogP contribution is -2.42. The minimum Gasteiger partial charge on any atom is -0.481 e. The van der Waals surface area contributed by atoms with E-state index in [1.54, 1.807) is 0 Å². The number of carboxylic acid groups (broad SMARTS) is 1.